The largest absolute Gasteiger partial charge is 0.379 e. The van der Waals surface area contributed by atoms with Gasteiger partial charge in [-0.3, -0.25) is 23.9 Å². The number of fused-ring (bicyclic) bond motifs is 1. The highest BCUT2D eigenvalue weighted by atomic mass is 32.1. The summed E-state index contributed by atoms with van der Waals surface area (Å²) in [5.41, 5.74) is 0.355. The molecule has 0 spiro atoms. The molecule has 0 aliphatic carbocycles. The third-order valence-corrected chi connectivity index (χ3v) is 7.57. The van der Waals surface area contributed by atoms with Crippen LogP contribution in [0.4, 0.5) is 0 Å². The number of likely N-dealkylation sites (tertiary alicyclic amines) is 1. The average Bonchev–Trinajstić information content (AvgIpc) is 3.13. The van der Waals surface area contributed by atoms with Crippen LogP contribution in [0.15, 0.2) is 11.1 Å². The predicted octanol–water partition coefficient (Wildman–Crippen LogP) is 1.23. The molecule has 1 atom stereocenters. The van der Waals surface area contributed by atoms with Crippen molar-refractivity contribution >= 4 is 33.4 Å². The zero-order valence-corrected chi connectivity index (χ0v) is 19.6. The molecule has 0 radical (unpaired) electrons. The van der Waals surface area contributed by atoms with E-state index in [9.17, 15) is 14.4 Å². The number of hydrogen-bond acceptors (Lipinski definition) is 7. The van der Waals surface area contributed by atoms with Gasteiger partial charge in [0.15, 0.2) is 0 Å². The van der Waals surface area contributed by atoms with Crippen molar-refractivity contribution in [1.82, 2.24) is 24.7 Å². The van der Waals surface area contributed by atoms with E-state index in [0.29, 0.717) is 27.2 Å². The molecule has 0 bridgehead atoms. The summed E-state index contributed by atoms with van der Waals surface area (Å²) in [4.78, 5) is 48.2. The number of piperidine rings is 1. The number of nitrogens with zero attached hydrogens (tertiary/aromatic N) is 4. The first-order valence-electron chi connectivity index (χ1n) is 11.3. The molecule has 0 aromatic carbocycles. The van der Waals surface area contributed by atoms with Crippen LogP contribution in [0.2, 0.25) is 0 Å². The highest BCUT2D eigenvalue weighted by Gasteiger charge is 2.25. The molecule has 32 heavy (non-hydrogen) atoms. The molecule has 1 N–H and O–H groups in total. The fourth-order valence-corrected chi connectivity index (χ4v) is 5.48. The summed E-state index contributed by atoms with van der Waals surface area (Å²) in [5.74, 6) is -0.252. The van der Waals surface area contributed by atoms with E-state index < -0.39 is 0 Å². The van der Waals surface area contributed by atoms with Crippen molar-refractivity contribution in [2.75, 3.05) is 45.9 Å². The third-order valence-electron chi connectivity index (χ3n) is 6.37. The monoisotopic (exact) mass is 461 g/mol. The summed E-state index contributed by atoms with van der Waals surface area (Å²) in [6.45, 7) is 9.02. The first-order valence-corrected chi connectivity index (χ1v) is 12.1. The van der Waals surface area contributed by atoms with E-state index in [4.69, 9.17) is 4.74 Å². The molecular formula is C22H31N5O4S. The van der Waals surface area contributed by atoms with Gasteiger partial charge in [0.05, 0.1) is 29.8 Å². The number of amides is 2. The lowest BCUT2D eigenvalue weighted by molar-refractivity contribution is -0.135. The van der Waals surface area contributed by atoms with E-state index >= 15 is 0 Å². The van der Waals surface area contributed by atoms with Gasteiger partial charge in [-0.2, -0.15) is 0 Å². The van der Waals surface area contributed by atoms with Crippen molar-refractivity contribution < 1.29 is 14.3 Å². The summed E-state index contributed by atoms with van der Waals surface area (Å²) >= 11 is 1.22. The molecule has 2 saturated heterocycles. The molecule has 2 aromatic heterocycles. The average molecular weight is 462 g/mol. The molecule has 4 rings (SSSR count). The molecule has 2 aliphatic heterocycles. The third kappa shape index (κ3) is 4.87. The molecule has 0 unspecified atom stereocenters. The molecule has 2 amide bonds. The van der Waals surface area contributed by atoms with Crippen molar-refractivity contribution in [2.24, 2.45) is 0 Å². The van der Waals surface area contributed by atoms with Gasteiger partial charge in [0.2, 0.25) is 5.91 Å². The highest BCUT2D eigenvalue weighted by molar-refractivity contribution is 7.20. The maximum atomic E-state index is 13.1. The standard InChI is InChI=1S/C22H31N5O4S/c1-15-5-3-4-7-27(15)17(28)13-26-14-24-21-18(22(26)30)16(2)19(32-21)20(29)23-6-8-25-9-11-31-12-10-25/h14-15H,3-13H2,1-2H3,(H,23,29)/t15-/m0/s1. The van der Waals surface area contributed by atoms with Crippen LogP contribution in [-0.2, 0) is 16.1 Å². The van der Waals surface area contributed by atoms with E-state index in [2.05, 4.69) is 15.2 Å². The van der Waals surface area contributed by atoms with Gasteiger partial charge in [-0.25, -0.2) is 4.98 Å². The number of carbonyl (C=O) groups is 2. The van der Waals surface area contributed by atoms with Gasteiger partial charge in [0.25, 0.3) is 11.5 Å². The smallest absolute Gasteiger partial charge is 0.262 e. The first-order chi connectivity index (χ1) is 15.5. The topological polar surface area (TPSA) is 96.8 Å². The number of thiophene rings is 1. The maximum absolute atomic E-state index is 13.1. The summed E-state index contributed by atoms with van der Waals surface area (Å²) < 4.78 is 6.71. The Hall–Kier alpha value is -2.30. The van der Waals surface area contributed by atoms with Crippen molar-refractivity contribution in [3.63, 3.8) is 0 Å². The predicted molar refractivity (Wildman–Crippen MR) is 123 cm³/mol. The van der Waals surface area contributed by atoms with E-state index in [0.717, 1.165) is 58.7 Å². The van der Waals surface area contributed by atoms with Gasteiger partial charge in [0, 0.05) is 38.8 Å². The molecule has 2 aliphatic rings. The SMILES string of the molecule is Cc1c(C(=O)NCCN2CCOCC2)sc2ncn(CC(=O)N3CCCC[C@@H]3C)c(=O)c12. The zero-order chi connectivity index (χ0) is 22.7. The lowest BCUT2D eigenvalue weighted by Gasteiger charge is -2.33. The molecule has 9 nitrogen and oxygen atoms in total. The number of aromatic nitrogens is 2. The van der Waals surface area contributed by atoms with E-state index in [1.165, 1.54) is 22.2 Å². The molecule has 174 valence electrons. The number of morpholine rings is 1. The minimum absolute atomic E-state index is 0.0253. The van der Waals surface area contributed by atoms with Crippen LogP contribution in [0.1, 0.15) is 41.4 Å². The minimum atomic E-state index is -0.269. The zero-order valence-electron chi connectivity index (χ0n) is 18.8. The fraction of sp³-hybridized carbons (Fsp3) is 0.636. The van der Waals surface area contributed by atoms with E-state index in [-0.39, 0.29) is 30.0 Å². The fourth-order valence-electron chi connectivity index (χ4n) is 4.43. The molecule has 4 heterocycles. The number of carbonyl (C=O) groups excluding carboxylic acids is 2. The quantitative estimate of drug-likeness (QED) is 0.695. The van der Waals surface area contributed by atoms with Gasteiger partial charge in [0.1, 0.15) is 11.4 Å². The highest BCUT2D eigenvalue weighted by Crippen LogP contribution is 2.26. The van der Waals surface area contributed by atoms with Crippen molar-refractivity contribution in [2.45, 2.75) is 45.7 Å². The Labute approximate surface area is 191 Å². The summed E-state index contributed by atoms with van der Waals surface area (Å²) in [6.07, 6.45) is 4.54. The van der Waals surface area contributed by atoms with Crippen LogP contribution in [0.5, 0.6) is 0 Å². The van der Waals surface area contributed by atoms with Crippen molar-refractivity contribution in [3.8, 4) is 0 Å². The molecule has 0 saturated carbocycles. The van der Waals surface area contributed by atoms with Crippen molar-refractivity contribution in [1.29, 1.82) is 0 Å². The number of nitrogens with one attached hydrogen (secondary N) is 1. The van der Waals surface area contributed by atoms with E-state index in [1.807, 2.05) is 11.8 Å². The second kappa shape index (κ2) is 10.1. The lowest BCUT2D eigenvalue weighted by Crippen LogP contribution is -2.44. The molecule has 2 aromatic rings. The minimum Gasteiger partial charge on any atom is -0.379 e. The lowest BCUT2D eigenvalue weighted by atomic mass is 10.0. The van der Waals surface area contributed by atoms with Crippen LogP contribution in [0, 0.1) is 6.92 Å². The van der Waals surface area contributed by atoms with Crippen LogP contribution in [0.3, 0.4) is 0 Å². The van der Waals surface area contributed by atoms with Gasteiger partial charge >= 0.3 is 0 Å². The molecule has 2 fully saturated rings. The Morgan fingerprint density at radius 2 is 2.03 bits per heavy atom. The van der Waals surface area contributed by atoms with Gasteiger partial charge in [-0.15, -0.1) is 11.3 Å². The number of hydrogen-bond donors (Lipinski definition) is 1. The van der Waals surface area contributed by atoms with Crippen LogP contribution in [-0.4, -0.2) is 83.1 Å². The second-order valence-corrected chi connectivity index (χ2v) is 9.55. The Kier molecular flexibility index (Phi) is 7.22. The Bertz CT molecular complexity index is 1040. The number of rotatable bonds is 6. The van der Waals surface area contributed by atoms with Crippen LogP contribution < -0.4 is 10.9 Å². The van der Waals surface area contributed by atoms with Crippen LogP contribution >= 0.6 is 11.3 Å². The van der Waals surface area contributed by atoms with E-state index in [1.54, 1.807) is 6.92 Å². The summed E-state index contributed by atoms with van der Waals surface area (Å²) in [7, 11) is 0. The second-order valence-electron chi connectivity index (χ2n) is 8.56. The Morgan fingerprint density at radius 3 is 2.78 bits per heavy atom. The summed E-state index contributed by atoms with van der Waals surface area (Å²) in [6, 6.07) is 0.194. The molecule has 10 heteroatoms. The van der Waals surface area contributed by atoms with Crippen LogP contribution in [0.25, 0.3) is 10.2 Å². The summed E-state index contributed by atoms with van der Waals surface area (Å²) in [5, 5.41) is 3.38. The number of aryl methyl sites for hydroxylation is 1. The van der Waals surface area contributed by atoms with Crippen molar-refractivity contribution in [3.05, 3.63) is 27.1 Å². The maximum Gasteiger partial charge on any atom is 0.262 e. The normalized spacial score (nSPS) is 19.9. The molecular weight excluding hydrogens is 430 g/mol. The Morgan fingerprint density at radius 1 is 1.25 bits per heavy atom. The Balaban J connectivity index is 1.46. The van der Waals surface area contributed by atoms with Gasteiger partial charge < -0.3 is 15.0 Å². The first kappa shape index (κ1) is 22.9. The number of ether oxygens (including phenoxy) is 1. The van der Waals surface area contributed by atoms with Gasteiger partial charge in [-0.1, -0.05) is 0 Å². The van der Waals surface area contributed by atoms with Gasteiger partial charge in [-0.05, 0) is 38.7 Å².